The maximum absolute atomic E-state index is 13.0. The Balaban J connectivity index is 1.53. The largest absolute Gasteiger partial charge is 0.418 e. The third kappa shape index (κ3) is 7.46. The van der Waals surface area contributed by atoms with Crippen molar-refractivity contribution in [2.24, 2.45) is 0 Å². The topological polar surface area (TPSA) is 114 Å². The molecule has 9 nitrogen and oxygen atoms in total. The van der Waals surface area contributed by atoms with Gasteiger partial charge in [0.15, 0.2) is 0 Å². The summed E-state index contributed by atoms with van der Waals surface area (Å²) in [6.45, 7) is 6.04. The standard InChI is InChI=1S/C21H22Cl2F3N7O2S/c1-10(2)32-18-17(23)14(29-8-30-18)7-35-9-31-11(3)20-28-6-15(36-20)19(34)33-16-4-12(21(24,25)26)13(22)5-27-16/h4-6,8,10-11,31H,7,9H2,1-3H3,(H,27,33,34)(H,29,30,32). The van der Waals surface area contributed by atoms with Crippen LogP contribution >= 0.6 is 34.5 Å². The lowest BCUT2D eigenvalue weighted by Gasteiger charge is -2.14. The minimum absolute atomic E-state index is 0.143. The van der Waals surface area contributed by atoms with Crippen molar-refractivity contribution < 1.29 is 22.7 Å². The number of hydrogen-bond acceptors (Lipinski definition) is 9. The predicted molar refractivity (Wildman–Crippen MR) is 131 cm³/mol. The molecule has 1 amide bonds. The van der Waals surface area contributed by atoms with Gasteiger partial charge in [-0.2, -0.15) is 13.2 Å². The van der Waals surface area contributed by atoms with Crippen LogP contribution in [0.2, 0.25) is 10.0 Å². The lowest BCUT2D eigenvalue weighted by molar-refractivity contribution is -0.137. The van der Waals surface area contributed by atoms with E-state index in [1.165, 1.54) is 12.5 Å². The molecule has 3 aromatic heterocycles. The molecule has 1 unspecified atom stereocenters. The number of nitrogens with one attached hydrogen (secondary N) is 3. The van der Waals surface area contributed by atoms with E-state index < -0.39 is 22.7 Å². The monoisotopic (exact) mass is 563 g/mol. The van der Waals surface area contributed by atoms with Gasteiger partial charge >= 0.3 is 6.18 Å². The van der Waals surface area contributed by atoms with E-state index in [1.54, 1.807) is 0 Å². The van der Waals surface area contributed by atoms with Gasteiger partial charge in [0.05, 0.1) is 41.9 Å². The molecule has 0 aliphatic rings. The lowest BCUT2D eigenvalue weighted by atomic mass is 10.2. The van der Waals surface area contributed by atoms with E-state index in [1.807, 2.05) is 20.8 Å². The molecular formula is C21H22Cl2F3N7O2S. The summed E-state index contributed by atoms with van der Waals surface area (Å²) in [7, 11) is 0. The number of ether oxygens (including phenoxy) is 1. The molecule has 0 saturated carbocycles. The van der Waals surface area contributed by atoms with Gasteiger partial charge in [0.1, 0.15) is 32.9 Å². The van der Waals surface area contributed by atoms with E-state index in [9.17, 15) is 18.0 Å². The fourth-order valence-corrected chi connectivity index (χ4v) is 4.05. The number of hydrogen-bond donors (Lipinski definition) is 3. The number of carbonyl (C=O) groups excluding carboxylic acids is 1. The number of alkyl halides is 3. The molecule has 36 heavy (non-hydrogen) atoms. The van der Waals surface area contributed by atoms with Crippen molar-refractivity contribution >= 4 is 52.1 Å². The van der Waals surface area contributed by atoms with Crippen LogP contribution in [0.15, 0.2) is 24.8 Å². The number of thiazole rings is 1. The van der Waals surface area contributed by atoms with Crippen LogP contribution in [0.1, 0.15) is 52.7 Å². The zero-order valence-corrected chi connectivity index (χ0v) is 21.6. The van der Waals surface area contributed by atoms with Gasteiger partial charge in [0.2, 0.25) is 0 Å². The van der Waals surface area contributed by atoms with E-state index in [0.717, 1.165) is 17.5 Å². The minimum atomic E-state index is -4.67. The molecule has 0 aliphatic carbocycles. The van der Waals surface area contributed by atoms with Crippen LogP contribution in [0, 0.1) is 0 Å². The van der Waals surface area contributed by atoms with Crippen molar-refractivity contribution in [3.05, 3.63) is 56.0 Å². The van der Waals surface area contributed by atoms with Gasteiger partial charge in [-0.1, -0.05) is 23.2 Å². The quantitative estimate of drug-likeness (QED) is 0.217. The summed E-state index contributed by atoms with van der Waals surface area (Å²) in [6, 6.07) is 0.551. The first-order chi connectivity index (χ1) is 17.0. The van der Waals surface area contributed by atoms with Gasteiger partial charge in [-0.15, -0.1) is 11.3 Å². The summed E-state index contributed by atoms with van der Waals surface area (Å²) < 4.78 is 44.7. The number of amides is 1. The molecule has 1 atom stereocenters. The summed E-state index contributed by atoms with van der Waals surface area (Å²) in [4.78, 5) is 28.9. The number of anilines is 2. The molecule has 0 bridgehead atoms. The molecule has 0 saturated heterocycles. The minimum Gasteiger partial charge on any atom is -0.367 e. The van der Waals surface area contributed by atoms with E-state index >= 15 is 0 Å². The highest BCUT2D eigenvalue weighted by Crippen LogP contribution is 2.35. The van der Waals surface area contributed by atoms with Gasteiger partial charge in [-0.3, -0.25) is 10.1 Å². The number of aromatic nitrogens is 4. The highest BCUT2D eigenvalue weighted by atomic mass is 35.5. The Hall–Kier alpha value is -2.58. The maximum atomic E-state index is 13.0. The highest BCUT2D eigenvalue weighted by molar-refractivity contribution is 7.13. The number of rotatable bonds is 10. The van der Waals surface area contributed by atoms with Crippen LogP contribution in [0.5, 0.6) is 0 Å². The summed E-state index contributed by atoms with van der Waals surface area (Å²) in [5.41, 5.74) is -0.560. The Labute approximate surface area is 218 Å². The summed E-state index contributed by atoms with van der Waals surface area (Å²) in [5, 5.41) is 8.96. The summed E-state index contributed by atoms with van der Waals surface area (Å²) in [5.74, 6) is -0.394. The van der Waals surface area contributed by atoms with Crippen LogP contribution in [-0.2, 0) is 17.5 Å². The van der Waals surface area contributed by atoms with Crippen molar-refractivity contribution in [2.45, 2.75) is 45.6 Å². The molecule has 3 aromatic rings. The molecule has 0 radical (unpaired) electrons. The van der Waals surface area contributed by atoms with Gasteiger partial charge < -0.3 is 15.4 Å². The average molecular weight is 564 g/mol. The molecule has 194 valence electrons. The second kappa shape index (κ2) is 12.1. The molecule has 3 rings (SSSR count). The maximum Gasteiger partial charge on any atom is 0.418 e. The number of halogens is 5. The van der Waals surface area contributed by atoms with Crippen LogP contribution in [0.25, 0.3) is 0 Å². The Kier molecular flexibility index (Phi) is 9.41. The van der Waals surface area contributed by atoms with E-state index in [2.05, 4.69) is 35.9 Å². The third-order valence-electron chi connectivity index (χ3n) is 4.54. The number of pyridine rings is 1. The Morgan fingerprint density at radius 3 is 2.58 bits per heavy atom. The first-order valence-electron chi connectivity index (χ1n) is 10.5. The third-order valence-corrected chi connectivity index (χ3v) is 6.41. The summed E-state index contributed by atoms with van der Waals surface area (Å²) in [6.07, 6.45) is -1.11. The second-order valence-electron chi connectivity index (χ2n) is 7.76. The van der Waals surface area contributed by atoms with E-state index in [-0.39, 0.29) is 36.1 Å². The fraction of sp³-hybridized carbons (Fsp3) is 0.381. The molecule has 0 aromatic carbocycles. The molecule has 15 heteroatoms. The first kappa shape index (κ1) is 28.0. The Morgan fingerprint density at radius 2 is 1.89 bits per heavy atom. The van der Waals surface area contributed by atoms with Crippen LogP contribution in [0.3, 0.4) is 0 Å². The van der Waals surface area contributed by atoms with Gasteiger partial charge in [0, 0.05) is 12.2 Å². The lowest BCUT2D eigenvalue weighted by Crippen LogP contribution is -2.22. The van der Waals surface area contributed by atoms with E-state index in [4.69, 9.17) is 27.9 Å². The summed E-state index contributed by atoms with van der Waals surface area (Å²) >= 11 is 13.0. The zero-order valence-electron chi connectivity index (χ0n) is 19.3. The van der Waals surface area contributed by atoms with Crippen LogP contribution in [0.4, 0.5) is 24.8 Å². The van der Waals surface area contributed by atoms with Gasteiger partial charge in [-0.05, 0) is 26.8 Å². The SMILES string of the molecule is CC(C)Nc1ncnc(COCNC(C)c2ncc(C(=O)Nc3cc(C(F)(F)F)c(Cl)cn3)s2)c1Cl. The van der Waals surface area contributed by atoms with E-state index in [0.29, 0.717) is 27.6 Å². The number of nitrogens with zero attached hydrogens (tertiary/aromatic N) is 4. The smallest absolute Gasteiger partial charge is 0.367 e. The fourth-order valence-electron chi connectivity index (χ4n) is 2.79. The molecule has 0 aliphatic heterocycles. The van der Waals surface area contributed by atoms with Crippen molar-refractivity contribution in [1.82, 2.24) is 25.3 Å². The Morgan fingerprint density at radius 1 is 1.14 bits per heavy atom. The zero-order chi connectivity index (χ0) is 26.5. The van der Waals surface area contributed by atoms with Gasteiger partial charge in [-0.25, -0.2) is 19.9 Å². The highest BCUT2D eigenvalue weighted by Gasteiger charge is 2.34. The van der Waals surface area contributed by atoms with Gasteiger partial charge in [0.25, 0.3) is 5.91 Å². The molecule has 0 fully saturated rings. The van der Waals surface area contributed by atoms with Crippen LogP contribution in [-0.4, -0.2) is 38.6 Å². The normalized spacial score (nSPS) is 12.6. The second-order valence-corrected chi connectivity index (χ2v) is 9.61. The molecule has 3 N–H and O–H groups in total. The Bertz CT molecular complexity index is 1210. The predicted octanol–water partition coefficient (Wildman–Crippen LogP) is 5.55. The molecule has 0 spiro atoms. The van der Waals surface area contributed by atoms with Crippen molar-refractivity contribution in [2.75, 3.05) is 17.4 Å². The van der Waals surface area contributed by atoms with Crippen LogP contribution < -0.4 is 16.0 Å². The van der Waals surface area contributed by atoms with Crippen molar-refractivity contribution in [1.29, 1.82) is 0 Å². The van der Waals surface area contributed by atoms with Crippen molar-refractivity contribution in [3.8, 4) is 0 Å². The number of carbonyl (C=O) groups is 1. The average Bonchev–Trinajstić information content (AvgIpc) is 3.30. The molecular weight excluding hydrogens is 542 g/mol. The van der Waals surface area contributed by atoms with Crippen molar-refractivity contribution in [3.63, 3.8) is 0 Å². The molecule has 3 heterocycles. The first-order valence-corrected chi connectivity index (χ1v) is 12.1.